The predicted molar refractivity (Wildman–Crippen MR) is 104 cm³/mol. The van der Waals surface area contributed by atoms with Crippen LogP contribution < -0.4 is 0 Å². The molecule has 1 saturated carbocycles. The van der Waals surface area contributed by atoms with Crippen molar-refractivity contribution in [1.82, 2.24) is 4.90 Å². The van der Waals surface area contributed by atoms with Crippen molar-refractivity contribution in [1.29, 1.82) is 0 Å². The number of rotatable bonds is 9. The van der Waals surface area contributed by atoms with Gasteiger partial charge in [0.05, 0.1) is 0 Å². The summed E-state index contributed by atoms with van der Waals surface area (Å²) in [7, 11) is 0. The predicted octanol–water partition coefficient (Wildman–Crippen LogP) is 5.40. The van der Waals surface area contributed by atoms with Gasteiger partial charge in [-0.2, -0.15) is 0 Å². The Bertz CT molecular complexity index is 622. The summed E-state index contributed by atoms with van der Waals surface area (Å²) in [4.78, 5) is 2.53. The molecule has 0 amide bonds. The third-order valence-electron chi connectivity index (χ3n) is 5.54. The van der Waals surface area contributed by atoms with Gasteiger partial charge < -0.3 is 4.90 Å². The summed E-state index contributed by atoms with van der Waals surface area (Å²) in [6.45, 7) is 5.61. The Kier molecular flexibility index (Phi) is 6.63. The highest BCUT2D eigenvalue weighted by Crippen LogP contribution is 2.39. The second-order valence-electron chi connectivity index (χ2n) is 7.21. The molecule has 0 bridgehead atoms. The highest BCUT2D eigenvalue weighted by Gasteiger charge is 2.31. The lowest BCUT2D eigenvalue weighted by Gasteiger charge is -2.30. The Morgan fingerprint density at radius 3 is 2.20 bits per heavy atom. The van der Waals surface area contributed by atoms with Gasteiger partial charge >= 0.3 is 0 Å². The van der Waals surface area contributed by atoms with Gasteiger partial charge in [-0.3, -0.25) is 0 Å². The quantitative estimate of drug-likeness (QED) is 0.591. The zero-order chi connectivity index (χ0) is 17.5. The minimum Gasteiger partial charge on any atom is -0.303 e. The number of benzene rings is 2. The van der Waals surface area contributed by atoms with Crippen LogP contribution in [0.3, 0.4) is 0 Å². The molecule has 2 aromatic rings. The van der Waals surface area contributed by atoms with E-state index in [1.165, 1.54) is 23.1 Å². The number of likely N-dealkylation sites (N-methyl/N-ethyl adjacent to an activating group) is 1. The van der Waals surface area contributed by atoms with Crippen LogP contribution in [-0.4, -0.2) is 30.7 Å². The van der Waals surface area contributed by atoms with Crippen LogP contribution in [-0.2, 0) is 12.8 Å². The summed E-state index contributed by atoms with van der Waals surface area (Å²) >= 11 is 0. The molecule has 1 aliphatic rings. The molecule has 0 spiro atoms. The number of hydrogen-bond acceptors (Lipinski definition) is 1. The maximum Gasteiger partial charge on any atom is 0.107 e. The van der Waals surface area contributed by atoms with Gasteiger partial charge in [-0.25, -0.2) is 4.39 Å². The first kappa shape index (κ1) is 18.1. The summed E-state index contributed by atoms with van der Waals surface area (Å²) < 4.78 is 13.5. The lowest BCUT2D eigenvalue weighted by molar-refractivity contribution is 0.170. The van der Waals surface area contributed by atoms with E-state index in [4.69, 9.17) is 0 Å². The van der Waals surface area contributed by atoms with Gasteiger partial charge in [0.1, 0.15) is 6.17 Å². The highest BCUT2D eigenvalue weighted by atomic mass is 19.1. The van der Waals surface area contributed by atoms with E-state index in [2.05, 4.69) is 66.4 Å². The molecule has 2 aromatic carbocycles. The minimum absolute atomic E-state index is 0.155. The molecule has 0 radical (unpaired) electrons. The van der Waals surface area contributed by atoms with Gasteiger partial charge in [-0.15, -0.1) is 0 Å². The molecule has 2 heteroatoms. The molecule has 0 N–H and O–H groups in total. The summed E-state index contributed by atoms with van der Waals surface area (Å²) in [5.41, 5.74) is 3.97. The van der Waals surface area contributed by atoms with E-state index in [-0.39, 0.29) is 5.92 Å². The van der Waals surface area contributed by atoms with Gasteiger partial charge in [-0.1, -0.05) is 61.5 Å². The first-order valence-corrected chi connectivity index (χ1v) is 9.75. The Morgan fingerprint density at radius 1 is 0.880 bits per heavy atom. The SMILES string of the molecule is CCN(CCCc1ccc(C2CCC2F)cc1)CCc1ccccc1. The molecule has 0 heterocycles. The second kappa shape index (κ2) is 9.15. The zero-order valence-corrected chi connectivity index (χ0v) is 15.3. The number of alkyl halides is 1. The smallest absolute Gasteiger partial charge is 0.107 e. The molecule has 2 unspecified atom stereocenters. The molecule has 2 atom stereocenters. The second-order valence-corrected chi connectivity index (χ2v) is 7.21. The molecule has 0 aromatic heterocycles. The molecule has 134 valence electrons. The van der Waals surface area contributed by atoms with Crippen LogP contribution in [0.15, 0.2) is 54.6 Å². The van der Waals surface area contributed by atoms with Gasteiger partial charge in [0.25, 0.3) is 0 Å². The van der Waals surface area contributed by atoms with Crippen LogP contribution in [0.1, 0.15) is 48.8 Å². The third kappa shape index (κ3) is 5.15. The topological polar surface area (TPSA) is 3.24 Å². The molecule has 0 aliphatic heterocycles. The monoisotopic (exact) mass is 339 g/mol. The average molecular weight is 339 g/mol. The average Bonchev–Trinajstić information content (AvgIpc) is 2.65. The molecule has 25 heavy (non-hydrogen) atoms. The molecule has 1 fully saturated rings. The number of nitrogens with zero attached hydrogens (tertiary/aromatic N) is 1. The van der Waals surface area contributed by atoms with E-state index in [0.29, 0.717) is 0 Å². The van der Waals surface area contributed by atoms with Gasteiger partial charge in [-0.05, 0) is 61.9 Å². The van der Waals surface area contributed by atoms with E-state index in [1.54, 1.807) is 0 Å². The van der Waals surface area contributed by atoms with E-state index < -0.39 is 6.17 Å². The van der Waals surface area contributed by atoms with Crippen LogP contribution in [0, 0.1) is 0 Å². The fraction of sp³-hybridized carbons (Fsp3) is 0.478. The van der Waals surface area contributed by atoms with E-state index in [1.807, 2.05) is 0 Å². The van der Waals surface area contributed by atoms with Gasteiger partial charge in [0, 0.05) is 12.5 Å². The van der Waals surface area contributed by atoms with Crippen molar-refractivity contribution >= 4 is 0 Å². The molecular weight excluding hydrogens is 309 g/mol. The molecule has 1 aliphatic carbocycles. The first-order chi connectivity index (χ1) is 12.3. The van der Waals surface area contributed by atoms with Crippen LogP contribution in [0.25, 0.3) is 0 Å². The maximum atomic E-state index is 13.5. The Hall–Kier alpha value is -1.67. The van der Waals surface area contributed by atoms with E-state index >= 15 is 0 Å². The van der Waals surface area contributed by atoms with Crippen molar-refractivity contribution < 1.29 is 4.39 Å². The van der Waals surface area contributed by atoms with Crippen molar-refractivity contribution in [2.24, 2.45) is 0 Å². The summed E-state index contributed by atoms with van der Waals surface area (Å²) in [5, 5.41) is 0. The molecule has 1 nitrogen and oxygen atoms in total. The van der Waals surface area contributed by atoms with Crippen LogP contribution in [0.2, 0.25) is 0 Å². The standard InChI is InChI=1S/C23H30FN/c1-2-25(18-16-19-7-4-3-5-8-19)17-6-9-20-10-12-21(13-11-20)22-14-15-23(22)24/h3-5,7-8,10-13,22-23H,2,6,9,14-18H2,1H3. The summed E-state index contributed by atoms with van der Waals surface area (Å²) in [5.74, 6) is 0.155. The molecule has 3 rings (SSSR count). The van der Waals surface area contributed by atoms with Crippen molar-refractivity contribution in [3.05, 3.63) is 71.3 Å². The fourth-order valence-corrected chi connectivity index (χ4v) is 3.63. The Balaban J connectivity index is 1.40. The van der Waals surface area contributed by atoms with Gasteiger partial charge in [0.15, 0.2) is 0 Å². The highest BCUT2D eigenvalue weighted by molar-refractivity contribution is 5.28. The lowest BCUT2D eigenvalue weighted by Crippen LogP contribution is -2.27. The van der Waals surface area contributed by atoms with Crippen LogP contribution in [0.5, 0.6) is 0 Å². The molecule has 0 saturated heterocycles. The van der Waals surface area contributed by atoms with Crippen molar-refractivity contribution in [2.75, 3.05) is 19.6 Å². The van der Waals surface area contributed by atoms with Crippen molar-refractivity contribution in [3.8, 4) is 0 Å². The van der Waals surface area contributed by atoms with Gasteiger partial charge in [0.2, 0.25) is 0 Å². The summed E-state index contributed by atoms with van der Waals surface area (Å²) in [6.07, 6.45) is 4.53. The normalized spacial score (nSPS) is 19.8. The largest absolute Gasteiger partial charge is 0.303 e. The van der Waals surface area contributed by atoms with Crippen LogP contribution >= 0.6 is 0 Å². The zero-order valence-electron chi connectivity index (χ0n) is 15.3. The minimum atomic E-state index is -0.617. The fourth-order valence-electron chi connectivity index (χ4n) is 3.63. The first-order valence-electron chi connectivity index (χ1n) is 9.75. The number of aryl methyl sites for hydroxylation is 1. The Labute approximate surface area is 151 Å². The van der Waals surface area contributed by atoms with Crippen molar-refractivity contribution in [2.45, 2.75) is 51.1 Å². The number of halogens is 1. The van der Waals surface area contributed by atoms with Crippen molar-refractivity contribution in [3.63, 3.8) is 0 Å². The molecular formula is C23H30FN. The van der Waals surface area contributed by atoms with E-state index in [9.17, 15) is 4.39 Å². The van der Waals surface area contributed by atoms with Crippen LogP contribution in [0.4, 0.5) is 4.39 Å². The maximum absolute atomic E-state index is 13.5. The number of hydrogen-bond donors (Lipinski definition) is 0. The Morgan fingerprint density at radius 2 is 1.60 bits per heavy atom. The lowest BCUT2D eigenvalue weighted by atomic mass is 9.78. The van der Waals surface area contributed by atoms with E-state index in [0.717, 1.165) is 45.3 Å². The third-order valence-corrected chi connectivity index (χ3v) is 5.54. The summed E-state index contributed by atoms with van der Waals surface area (Å²) in [6, 6.07) is 19.4.